The Balaban J connectivity index is 1.78. The first-order chi connectivity index (χ1) is 9.74. The third kappa shape index (κ3) is 2.72. The third-order valence-electron chi connectivity index (χ3n) is 4.22. The van der Waals surface area contributed by atoms with E-state index >= 15 is 0 Å². The molecule has 1 aromatic carbocycles. The summed E-state index contributed by atoms with van der Waals surface area (Å²) in [6, 6.07) is 6.35. The van der Waals surface area contributed by atoms with E-state index in [9.17, 15) is 4.79 Å². The van der Waals surface area contributed by atoms with Crippen molar-refractivity contribution in [3.63, 3.8) is 0 Å². The van der Waals surface area contributed by atoms with Crippen LogP contribution in [0.2, 0.25) is 0 Å². The van der Waals surface area contributed by atoms with Gasteiger partial charge in [0, 0.05) is 30.2 Å². The number of hydrogen-bond donors (Lipinski definition) is 1. The van der Waals surface area contributed by atoms with Gasteiger partial charge in [-0.1, -0.05) is 24.5 Å². The fraction of sp³-hybridized carbons (Fsp3) is 0.471. The number of hydrogen-bond acceptors (Lipinski definition) is 1. The smallest absolute Gasteiger partial charge is 0.227 e. The number of aryl methyl sites for hydroxylation is 1. The van der Waals surface area contributed by atoms with Gasteiger partial charge in [0.25, 0.3) is 0 Å². The molecule has 1 aliphatic heterocycles. The molecule has 1 saturated heterocycles. The standard InChI is InChI=1S/C17H22N2O/c1-13-6-7-16-15(10-13)14(12-18-16)11-17(20)19-8-4-2-3-5-9-19/h6-7,10,12,18H,2-5,8-9,11H2,1H3. The maximum absolute atomic E-state index is 12.5. The topological polar surface area (TPSA) is 36.1 Å². The van der Waals surface area contributed by atoms with Crippen molar-refractivity contribution in [1.82, 2.24) is 9.88 Å². The van der Waals surface area contributed by atoms with Gasteiger partial charge in [-0.25, -0.2) is 0 Å². The Bertz CT molecular complexity index is 606. The number of carbonyl (C=O) groups excluding carboxylic acids is 1. The summed E-state index contributed by atoms with van der Waals surface area (Å²) >= 11 is 0. The highest BCUT2D eigenvalue weighted by Gasteiger charge is 2.17. The monoisotopic (exact) mass is 270 g/mol. The van der Waals surface area contributed by atoms with Crippen molar-refractivity contribution in [2.45, 2.75) is 39.0 Å². The first-order valence-electron chi connectivity index (χ1n) is 7.58. The van der Waals surface area contributed by atoms with Gasteiger partial charge in [-0.15, -0.1) is 0 Å². The number of aromatic amines is 1. The zero-order chi connectivity index (χ0) is 13.9. The molecule has 1 N–H and O–H groups in total. The van der Waals surface area contributed by atoms with Crippen molar-refractivity contribution in [2.24, 2.45) is 0 Å². The van der Waals surface area contributed by atoms with E-state index in [-0.39, 0.29) is 5.91 Å². The summed E-state index contributed by atoms with van der Waals surface area (Å²) < 4.78 is 0. The van der Waals surface area contributed by atoms with E-state index in [1.807, 2.05) is 11.1 Å². The van der Waals surface area contributed by atoms with Crippen LogP contribution in [0, 0.1) is 6.92 Å². The maximum atomic E-state index is 12.5. The lowest BCUT2D eigenvalue weighted by molar-refractivity contribution is -0.130. The molecule has 2 heterocycles. The van der Waals surface area contributed by atoms with Crippen LogP contribution in [0.5, 0.6) is 0 Å². The van der Waals surface area contributed by atoms with E-state index < -0.39 is 0 Å². The quantitative estimate of drug-likeness (QED) is 0.891. The number of benzene rings is 1. The van der Waals surface area contributed by atoms with Gasteiger partial charge < -0.3 is 9.88 Å². The highest BCUT2D eigenvalue weighted by atomic mass is 16.2. The molecule has 2 aromatic rings. The summed E-state index contributed by atoms with van der Waals surface area (Å²) in [6.07, 6.45) is 7.33. The van der Waals surface area contributed by atoms with Crippen LogP contribution in [0.3, 0.4) is 0 Å². The molecule has 106 valence electrons. The number of aromatic nitrogens is 1. The minimum absolute atomic E-state index is 0.273. The van der Waals surface area contributed by atoms with Crippen molar-refractivity contribution in [3.8, 4) is 0 Å². The minimum atomic E-state index is 0.273. The van der Waals surface area contributed by atoms with E-state index in [4.69, 9.17) is 0 Å². The van der Waals surface area contributed by atoms with Crippen LogP contribution in [0.1, 0.15) is 36.8 Å². The predicted octanol–water partition coefficient (Wildman–Crippen LogP) is 3.42. The second-order valence-electron chi connectivity index (χ2n) is 5.83. The van der Waals surface area contributed by atoms with Gasteiger partial charge >= 0.3 is 0 Å². The number of fused-ring (bicyclic) bond motifs is 1. The van der Waals surface area contributed by atoms with Crippen molar-refractivity contribution < 1.29 is 4.79 Å². The zero-order valence-electron chi connectivity index (χ0n) is 12.1. The van der Waals surface area contributed by atoms with Crippen LogP contribution < -0.4 is 0 Å². The van der Waals surface area contributed by atoms with E-state index in [1.165, 1.54) is 23.8 Å². The highest BCUT2D eigenvalue weighted by Crippen LogP contribution is 2.21. The van der Waals surface area contributed by atoms with Gasteiger partial charge in [-0.2, -0.15) is 0 Å². The van der Waals surface area contributed by atoms with Gasteiger partial charge in [0.2, 0.25) is 5.91 Å². The normalized spacial score (nSPS) is 16.4. The molecule has 3 heteroatoms. The van der Waals surface area contributed by atoms with Crippen LogP contribution >= 0.6 is 0 Å². The summed E-state index contributed by atoms with van der Waals surface area (Å²) in [5.41, 5.74) is 3.48. The molecule has 0 atom stereocenters. The fourth-order valence-electron chi connectivity index (χ4n) is 3.03. The SMILES string of the molecule is Cc1ccc2[nH]cc(CC(=O)N3CCCCCC3)c2c1. The van der Waals surface area contributed by atoms with Crippen LogP contribution in [0.4, 0.5) is 0 Å². The number of H-pyrrole nitrogens is 1. The molecule has 1 amide bonds. The lowest BCUT2D eigenvalue weighted by Crippen LogP contribution is -2.33. The second-order valence-corrected chi connectivity index (χ2v) is 5.83. The lowest BCUT2D eigenvalue weighted by Gasteiger charge is -2.20. The van der Waals surface area contributed by atoms with Crippen LogP contribution in [0.25, 0.3) is 10.9 Å². The van der Waals surface area contributed by atoms with Gasteiger partial charge in [0.1, 0.15) is 0 Å². The molecular formula is C17H22N2O. The molecule has 1 aromatic heterocycles. The van der Waals surface area contributed by atoms with Crippen molar-refractivity contribution in [3.05, 3.63) is 35.5 Å². The van der Waals surface area contributed by atoms with Gasteiger partial charge in [0.15, 0.2) is 0 Å². The zero-order valence-corrected chi connectivity index (χ0v) is 12.1. The van der Waals surface area contributed by atoms with Gasteiger partial charge in [-0.05, 0) is 37.5 Å². The number of nitrogens with one attached hydrogen (secondary N) is 1. The Labute approximate surface area is 120 Å². The molecule has 1 aliphatic rings. The molecule has 0 aliphatic carbocycles. The molecule has 0 unspecified atom stereocenters. The summed E-state index contributed by atoms with van der Waals surface area (Å²) in [5, 5.41) is 1.19. The van der Waals surface area contributed by atoms with Crippen LogP contribution in [-0.4, -0.2) is 28.9 Å². The van der Waals surface area contributed by atoms with Crippen molar-refractivity contribution in [1.29, 1.82) is 0 Å². The minimum Gasteiger partial charge on any atom is -0.361 e. The molecular weight excluding hydrogens is 248 g/mol. The van der Waals surface area contributed by atoms with E-state index in [0.717, 1.165) is 37.0 Å². The first-order valence-corrected chi connectivity index (χ1v) is 7.58. The Morgan fingerprint density at radius 1 is 1.20 bits per heavy atom. The molecule has 3 nitrogen and oxygen atoms in total. The highest BCUT2D eigenvalue weighted by molar-refractivity contribution is 5.89. The average molecular weight is 270 g/mol. The Morgan fingerprint density at radius 3 is 2.70 bits per heavy atom. The number of amides is 1. The molecule has 0 spiro atoms. The third-order valence-corrected chi connectivity index (χ3v) is 4.22. The summed E-state index contributed by atoms with van der Waals surface area (Å²) in [4.78, 5) is 17.8. The summed E-state index contributed by atoms with van der Waals surface area (Å²) in [5.74, 6) is 0.273. The fourth-order valence-corrected chi connectivity index (χ4v) is 3.03. The number of likely N-dealkylation sites (tertiary alicyclic amines) is 1. The van der Waals surface area contributed by atoms with Gasteiger partial charge in [-0.3, -0.25) is 4.79 Å². The van der Waals surface area contributed by atoms with Crippen LogP contribution in [-0.2, 0) is 11.2 Å². The Kier molecular flexibility index (Phi) is 3.77. The number of nitrogens with zero attached hydrogens (tertiary/aromatic N) is 1. The van der Waals surface area contributed by atoms with Crippen LogP contribution in [0.15, 0.2) is 24.4 Å². The molecule has 3 rings (SSSR count). The predicted molar refractivity (Wildman–Crippen MR) is 81.8 cm³/mol. The lowest BCUT2D eigenvalue weighted by atomic mass is 10.1. The average Bonchev–Trinajstić information content (AvgIpc) is 2.67. The molecule has 0 saturated carbocycles. The summed E-state index contributed by atoms with van der Waals surface area (Å²) in [7, 11) is 0. The summed E-state index contributed by atoms with van der Waals surface area (Å²) in [6.45, 7) is 3.95. The first kappa shape index (κ1) is 13.2. The molecule has 1 fully saturated rings. The Morgan fingerprint density at radius 2 is 1.95 bits per heavy atom. The maximum Gasteiger partial charge on any atom is 0.227 e. The van der Waals surface area contributed by atoms with Gasteiger partial charge in [0.05, 0.1) is 6.42 Å². The Hall–Kier alpha value is -1.77. The van der Waals surface area contributed by atoms with E-state index in [0.29, 0.717) is 6.42 Å². The largest absolute Gasteiger partial charge is 0.361 e. The van der Waals surface area contributed by atoms with E-state index in [1.54, 1.807) is 0 Å². The molecule has 0 radical (unpaired) electrons. The second kappa shape index (κ2) is 5.70. The molecule has 0 bridgehead atoms. The van der Waals surface area contributed by atoms with Crippen molar-refractivity contribution in [2.75, 3.05) is 13.1 Å². The molecule has 20 heavy (non-hydrogen) atoms. The van der Waals surface area contributed by atoms with E-state index in [2.05, 4.69) is 30.1 Å². The number of carbonyl (C=O) groups is 1. The number of rotatable bonds is 2. The van der Waals surface area contributed by atoms with Crippen molar-refractivity contribution >= 4 is 16.8 Å².